The fraction of sp³-hybridized carbons (Fsp3) is 0.800. The minimum Gasteiger partial charge on any atom is -0.312 e. The molecule has 0 spiro atoms. The number of hydrogen-bond donors (Lipinski definition) is 0. The molecule has 0 aromatic carbocycles. The lowest BCUT2D eigenvalue weighted by Crippen LogP contribution is -2.44. The Morgan fingerprint density at radius 2 is 2.00 bits per heavy atom. The molecular weight excluding hydrogens is 237 g/mol. The summed E-state index contributed by atoms with van der Waals surface area (Å²) in [6, 6.07) is -1.50. The highest BCUT2D eigenvalue weighted by molar-refractivity contribution is 6.04. The average Bonchev–Trinajstić information content (AvgIpc) is 2.43. The second kappa shape index (κ2) is 3.89. The lowest BCUT2D eigenvalue weighted by atomic mass is 9.91. The zero-order valence-corrected chi connectivity index (χ0v) is 9.33. The average molecular weight is 250 g/mol. The minimum atomic E-state index is -4.54. The van der Waals surface area contributed by atoms with Gasteiger partial charge in [-0.15, -0.1) is 0 Å². The first-order chi connectivity index (χ1) is 7.81. The Bertz CT molecular complexity index is 356. The Morgan fingerprint density at radius 3 is 2.53 bits per heavy atom. The Hall–Kier alpha value is -1.27. The molecule has 2 heterocycles. The lowest BCUT2D eigenvalue weighted by molar-refractivity contribution is -0.153. The maximum atomic E-state index is 12.3. The van der Waals surface area contributed by atoms with Crippen LogP contribution < -0.4 is 0 Å². The number of nitrogens with zero attached hydrogens (tertiary/aromatic N) is 2. The molecule has 2 atom stereocenters. The Balaban J connectivity index is 2.21. The number of hydrogen-bond acceptors (Lipinski definition) is 2. The van der Waals surface area contributed by atoms with Gasteiger partial charge in [-0.25, -0.2) is 4.79 Å². The molecule has 2 rings (SSSR count). The van der Waals surface area contributed by atoms with E-state index in [4.69, 9.17) is 0 Å². The largest absolute Gasteiger partial charge is 0.406 e. The van der Waals surface area contributed by atoms with Crippen LogP contribution >= 0.6 is 0 Å². The van der Waals surface area contributed by atoms with Crippen LogP contribution in [0.2, 0.25) is 0 Å². The van der Waals surface area contributed by atoms with Gasteiger partial charge in [-0.3, -0.25) is 9.69 Å². The van der Waals surface area contributed by atoms with Crippen LogP contribution in [0.4, 0.5) is 18.0 Å². The number of alkyl halides is 3. The van der Waals surface area contributed by atoms with Gasteiger partial charge in [0.15, 0.2) is 0 Å². The van der Waals surface area contributed by atoms with Crippen molar-refractivity contribution in [1.29, 1.82) is 0 Å². The van der Waals surface area contributed by atoms with E-state index in [1.807, 2.05) is 0 Å². The van der Waals surface area contributed by atoms with E-state index in [2.05, 4.69) is 0 Å². The van der Waals surface area contributed by atoms with Crippen molar-refractivity contribution in [2.24, 2.45) is 5.92 Å². The van der Waals surface area contributed by atoms with Crippen molar-refractivity contribution in [2.45, 2.75) is 32.0 Å². The van der Waals surface area contributed by atoms with Crippen molar-refractivity contribution in [3.63, 3.8) is 0 Å². The lowest BCUT2D eigenvalue weighted by Gasteiger charge is -2.31. The molecule has 0 saturated carbocycles. The van der Waals surface area contributed by atoms with Gasteiger partial charge in [-0.05, 0) is 18.8 Å². The maximum absolute atomic E-state index is 12.3. The van der Waals surface area contributed by atoms with E-state index in [-0.39, 0.29) is 5.92 Å². The van der Waals surface area contributed by atoms with E-state index in [1.165, 1.54) is 4.90 Å². The third kappa shape index (κ3) is 2.10. The van der Waals surface area contributed by atoms with Crippen LogP contribution in [0.3, 0.4) is 0 Å². The van der Waals surface area contributed by atoms with Crippen molar-refractivity contribution in [1.82, 2.24) is 9.80 Å². The fourth-order valence-electron chi connectivity index (χ4n) is 2.51. The molecule has 2 saturated heterocycles. The molecule has 0 radical (unpaired) electrons. The van der Waals surface area contributed by atoms with Gasteiger partial charge in [-0.2, -0.15) is 13.2 Å². The molecule has 0 aromatic rings. The highest BCUT2D eigenvalue weighted by atomic mass is 19.4. The summed E-state index contributed by atoms with van der Waals surface area (Å²) in [5.41, 5.74) is 0. The van der Waals surface area contributed by atoms with Gasteiger partial charge in [-0.1, -0.05) is 6.92 Å². The van der Waals surface area contributed by atoms with Crippen molar-refractivity contribution < 1.29 is 22.8 Å². The monoisotopic (exact) mass is 250 g/mol. The van der Waals surface area contributed by atoms with Crippen LogP contribution in [0.1, 0.15) is 19.8 Å². The second-order valence-electron chi connectivity index (χ2n) is 4.58. The van der Waals surface area contributed by atoms with Gasteiger partial charge in [0.1, 0.15) is 12.6 Å². The van der Waals surface area contributed by atoms with E-state index in [0.717, 1.165) is 12.8 Å². The van der Waals surface area contributed by atoms with E-state index < -0.39 is 30.7 Å². The standard InChI is InChI=1S/C10H13F3N2O2/c1-6-3-2-4-14-7(6)8(16)15(9(14)17)5-10(11,12)13/h6-7H,2-5H2,1H3. The SMILES string of the molecule is CC1CCCN2C(=O)N(CC(F)(F)F)C(=O)C12. The molecule has 3 amide bonds. The molecule has 2 aliphatic heterocycles. The summed E-state index contributed by atoms with van der Waals surface area (Å²) in [7, 11) is 0. The van der Waals surface area contributed by atoms with Crippen molar-refractivity contribution in [3.8, 4) is 0 Å². The third-order valence-corrected chi connectivity index (χ3v) is 3.27. The summed E-state index contributed by atoms with van der Waals surface area (Å²) < 4.78 is 36.8. The van der Waals surface area contributed by atoms with Crippen LogP contribution in [0.15, 0.2) is 0 Å². The molecule has 2 unspecified atom stereocenters. The third-order valence-electron chi connectivity index (χ3n) is 3.27. The summed E-state index contributed by atoms with van der Waals surface area (Å²) in [4.78, 5) is 25.1. The first-order valence-electron chi connectivity index (χ1n) is 5.50. The molecule has 0 N–H and O–H groups in total. The van der Waals surface area contributed by atoms with E-state index in [1.54, 1.807) is 6.92 Å². The fourth-order valence-corrected chi connectivity index (χ4v) is 2.51. The molecule has 2 aliphatic rings. The zero-order valence-electron chi connectivity index (χ0n) is 9.33. The normalized spacial score (nSPS) is 29.9. The highest BCUT2D eigenvalue weighted by Gasteiger charge is 2.51. The Kier molecular flexibility index (Phi) is 2.79. The van der Waals surface area contributed by atoms with Crippen molar-refractivity contribution >= 4 is 11.9 Å². The number of carbonyl (C=O) groups excluding carboxylic acids is 2. The molecule has 0 bridgehead atoms. The van der Waals surface area contributed by atoms with Crippen LogP contribution in [0.25, 0.3) is 0 Å². The molecule has 0 aromatic heterocycles. The first-order valence-corrected chi connectivity index (χ1v) is 5.50. The van der Waals surface area contributed by atoms with Crippen LogP contribution in [0, 0.1) is 5.92 Å². The summed E-state index contributed by atoms with van der Waals surface area (Å²) in [5.74, 6) is -0.780. The zero-order chi connectivity index (χ0) is 12.8. The maximum Gasteiger partial charge on any atom is 0.406 e. The van der Waals surface area contributed by atoms with Crippen LogP contribution in [-0.2, 0) is 4.79 Å². The number of fused-ring (bicyclic) bond motifs is 1. The summed E-state index contributed by atoms with van der Waals surface area (Å²) >= 11 is 0. The quantitative estimate of drug-likeness (QED) is 0.663. The number of halogens is 3. The minimum absolute atomic E-state index is 0.0709. The van der Waals surface area contributed by atoms with Gasteiger partial charge in [0.05, 0.1) is 0 Å². The van der Waals surface area contributed by atoms with Crippen LogP contribution in [-0.4, -0.2) is 47.0 Å². The Morgan fingerprint density at radius 1 is 1.35 bits per heavy atom. The van der Waals surface area contributed by atoms with Gasteiger partial charge in [0.2, 0.25) is 0 Å². The molecular formula is C10H13F3N2O2. The predicted molar refractivity (Wildman–Crippen MR) is 52.1 cm³/mol. The molecule has 96 valence electrons. The molecule has 4 nitrogen and oxygen atoms in total. The number of carbonyl (C=O) groups is 2. The van der Waals surface area contributed by atoms with Crippen molar-refractivity contribution in [2.75, 3.05) is 13.1 Å². The van der Waals surface area contributed by atoms with Gasteiger partial charge in [0, 0.05) is 6.54 Å². The van der Waals surface area contributed by atoms with Crippen molar-refractivity contribution in [3.05, 3.63) is 0 Å². The predicted octanol–water partition coefficient (Wildman–Crippen LogP) is 1.61. The summed E-state index contributed by atoms with van der Waals surface area (Å²) in [6.45, 7) is 0.678. The number of urea groups is 1. The first kappa shape index (κ1) is 12.2. The Labute approximate surface area is 96.4 Å². The highest BCUT2D eigenvalue weighted by Crippen LogP contribution is 2.32. The number of piperidine rings is 1. The summed E-state index contributed by atoms with van der Waals surface area (Å²) in [5, 5.41) is 0. The molecule has 7 heteroatoms. The number of imide groups is 1. The van der Waals surface area contributed by atoms with E-state index in [0.29, 0.717) is 11.4 Å². The van der Waals surface area contributed by atoms with E-state index in [9.17, 15) is 22.8 Å². The van der Waals surface area contributed by atoms with Gasteiger partial charge in [0.25, 0.3) is 5.91 Å². The van der Waals surface area contributed by atoms with Crippen LogP contribution in [0.5, 0.6) is 0 Å². The number of amides is 3. The molecule has 2 fully saturated rings. The molecule has 0 aliphatic carbocycles. The second-order valence-corrected chi connectivity index (χ2v) is 4.58. The summed E-state index contributed by atoms with van der Waals surface area (Å²) in [6.07, 6.45) is -3.04. The smallest absolute Gasteiger partial charge is 0.312 e. The topological polar surface area (TPSA) is 40.6 Å². The van der Waals surface area contributed by atoms with E-state index >= 15 is 0 Å². The number of rotatable bonds is 1. The molecule has 17 heavy (non-hydrogen) atoms. The van der Waals surface area contributed by atoms with Gasteiger partial charge < -0.3 is 4.90 Å². The van der Waals surface area contributed by atoms with Gasteiger partial charge >= 0.3 is 12.2 Å².